The molecule has 0 aliphatic carbocycles. The number of rotatable bonds is 7. The first-order chi connectivity index (χ1) is 10.6. The number of aryl methyl sites for hydroxylation is 1. The minimum atomic E-state index is 0.492. The quantitative estimate of drug-likeness (QED) is 0.774. The highest BCUT2D eigenvalue weighted by molar-refractivity contribution is 5.49. The summed E-state index contributed by atoms with van der Waals surface area (Å²) in [6.07, 6.45) is 3.40. The Morgan fingerprint density at radius 1 is 1.23 bits per heavy atom. The van der Waals surface area contributed by atoms with Crippen LogP contribution < -0.4 is 9.64 Å². The molecule has 0 amide bonds. The number of anilines is 1. The molecular weight excluding hydrogens is 276 g/mol. The molecule has 22 heavy (non-hydrogen) atoms. The second-order valence-electron chi connectivity index (χ2n) is 6.01. The fraction of sp³-hybridized carbons (Fsp3) is 0.765. The van der Waals surface area contributed by atoms with E-state index in [9.17, 15) is 0 Å². The minimum Gasteiger partial charge on any atom is -0.462 e. The van der Waals surface area contributed by atoms with Crippen LogP contribution in [0.1, 0.15) is 44.9 Å². The Hall–Kier alpha value is -1.36. The summed E-state index contributed by atoms with van der Waals surface area (Å²) in [6.45, 7) is 12.3. The number of hydrogen-bond donors (Lipinski definition) is 0. The van der Waals surface area contributed by atoms with Crippen LogP contribution >= 0.6 is 0 Å². The Balaban J connectivity index is 2.17. The summed E-state index contributed by atoms with van der Waals surface area (Å²) < 4.78 is 5.93. The molecule has 124 valence electrons. The highest BCUT2D eigenvalue weighted by atomic mass is 16.5. The second-order valence-corrected chi connectivity index (χ2v) is 6.01. The maximum atomic E-state index is 5.93. The first kappa shape index (κ1) is 17.0. The molecule has 0 N–H and O–H groups in total. The Labute approximate surface area is 134 Å². The molecular formula is C17H30N4O. The monoisotopic (exact) mass is 306 g/mol. The SMILES string of the molecule is CCc1c(C)nc(OC[C@@H]2CCCN2C)nc1N(CC)CC. The van der Waals surface area contributed by atoms with Gasteiger partial charge in [-0.25, -0.2) is 4.98 Å². The molecule has 1 fully saturated rings. The average Bonchev–Trinajstić information content (AvgIpc) is 2.91. The highest BCUT2D eigenvalue weighted by Crippen LogP contribution is 2.24. The highest BCUT2D eigenvalue weighted by Gasteiger charge is 2.22. The second kappa shape index (κ2) is 7.77. The number of likely N-dealkylation sites (N-methyl/N-ethyl adjacent to an activating group) is 1. The number of ether oxygens (including phenoxy) is 1. The van der Waals surface area contributed by atoms with Crippen molar-refractivity contribution in [3.63, 3.8) is 0 Å². The zero-order valence-electron chi connectivity index (χ0n) is 14.7. The lowest BCUT2D eigenvalue weighted by Gasteiger charge is -2.24. The minimum absolute atomic E-state index is 0.492. The van der Waals surface area contributed by atoms with Crippen molar-refractivity contribution in [3.8, 4) is 6.01 Å². The zero-order chi connectivity index (χ0) is 16.1. The van der Waals surface area contributed by atoms with Gasteiger partial charge in [-0.15, -0.1) is 0 Å². The normalized spacial score (nSPS) is 18.7. The van der Waals surface area contributed by atoms with E-state index in [0.717, 1.165) is 37.6 Å². The lowest BCUT2D eigenvalue weighted by Crippen LogP contribution is -2.31. The standard InChI is InChI=1S/C17H30N4O/c1-6-15-13(4)18-17(19-16(15)21(7-2)8-3)22-12-14-10-9-11-20(14)5/h14H,6-12H2,1-5H3/t14-/m0/s1. The van der Waals surface area contributed by atoms with Crippen LogP contribution in [0, 0.1) is 6.92 Å². The van der Waals surface area contributed by atoms with Crippen molar-refractivity contribution in [1.29, 1.82) is 0 Å². The summed E-state index contributed by atoms with van der Waals surface area (Å²) in [6, 6.07) is 1.02. The van der Waals surface area contributed by atoms with E-state index in [2.05, 4.69) is 49.5 Å². The van der Waals surface area contributed by atoms with Crippen LogP contribution in [-0.4, -0.2) is 54.2 Å². The van der Waals surface area contributed by atoms with Crippen molar-refractivity contribution in [1.82, 2.24) is 14.9 Å². The number of hydrogen-bond acceptors (Lipinski definition) is 5. The van der Waals surface area contributed by atoms with E-state index in [1.54, 1.807) is 0 Å². The molecule has 1 aromatic heterocycles. The van der Waals surface area contributed by atoms with Gasteiger partial charge in [0.25, 0.3) is 0 Å². The van der Waals surface area contributed by atoms with Crippen molar-refractivity contribution in [2.45, 2.75) is 53.0 Å². The van der Waals surface area contributed by atoms with Gasteiger partial charge in [-0.2, -0.15) is 4.98 Å². The molecule has 5 heteroatoms. The largest absolute Gasteiger partial charge is 0.462 e. The van der Waals surface area contributed by atoms with Crippen LogP contribution in [0.3, 0.4) is 0 Å². The van der Waals surface area contributed by atoms with E-state index in [0.29, 0.717) is 18.7 Å². The van der Waals surface area contributed by atoms with Crippen molar-refractivity contribution >= 4 is 5.82 Å². The number of nitrogens with zero attached hydrogens (tertiary/aromatic N) is 4. The summed E-state index contributed by atoms with van der Waals surface area (Å²) in [5.74, 6) is 1.04. The molecule has 1 aliphatic rings. The van der Waals surface area contributed by atoms with E-state index in [-0.39, 0.29) is 0 Å². The zero-order valence-corrected chi connectivity index (χ0v) is 14.7. The van der Waals surface area contributed by atoms with E-state index in [4.69, 9.17) is 9.72 Å². The number of aromatic nitrogens is 2. The van der Waals surface area contributed by atoms with Gasteiger partial charge in [0.1, 0.15) is 12.4 Å². The van der Waals surface area contributed by atoms with Crippen LogP contribution in [0.5, 0.6) is 6.01 Å². The van der Waals surface area contributed by atoms with E-state index in [1.807, 2.05) is 0 Å². The van der Waals surface area contributed by atoms with Crippen molar-refractivity contribution in [3.05, 3.63) is 11.3 Å². The lowest BCUT2D eigenvalue weighted by molar-refractivity contribution is 0.187. The molecule has 2 rings (SSSR count). The average molecular weight is 306 g/mol. The first-order valence-electron chi connectivity index (χ1n) is 8.56. The number of likely N-dealkylation sites (tertiary alicyclic amines) is 1. The molecule has 0 saturated carbocycles. The van der Waals surface area contributed by atoms with Gasteiger partial charge in [0, 0.05) is 30.4 Å². The van der Waals surface area contributed by atoms with Gasteiger partial charge in [0.2, 0.25) is 0 Å². The van der Waals surface area contributed by atoms with Gasteiger partial charge in [0.15, 0.2) is 0 Å². The smallest absolute Gasteiger partial charge is 0.318 e. The fourth-order valence-electron chi connectivity index (χ4n) is 3.18. The van der Waals surface area contributed by atoms with Gasteiger partial charge >= 0.3 is 6.01 Å². The lowest BCUT2D eigenvalue weighted by atomic mass is 10.1. The topological polar surface area (TPSA) is 41.5 Å². The summed E-state index contributed by atoms with van der Waals surface area (Å²) in [5.41, 5.74) is 2.27. The summed E-state index contributed by atoms with van der Waals surface area (Å²) in [4.78, 5) is 13.9. The fourth-order valence-corrected chi connectivity index (χ4v) is 3.18. The Morgan fingerprint density at radius 3 is 2.50 bits per heavy atom. The van der Waals surface area contributed by atoms with Crippen LogP contribution in [0.4, 0.5) is 5.82 Å². The van der Waals surface area contributed by atoms with E-state index >= 15 is 0 Å². The van der Waals surface area contributed by atoms with Gasteiger partial charge in [-0.05, 0) is 53.6 Å². The summed E-state index contributed by atoms with van der Waals surface area (Å²) >= 11 is 0. The molecule has 0 aromatic carbocycles. The van der Waals surface area contributed by atoms with Crippen molar-refractivity contribution in [2.75, 3.05) is 38.2 Å². The summed E-state index contributed by atoms with van der Waals surface area (Å²) in [7, 11) is 2.16. The Kier molecular flexibility index (Phi) is 6.00. The third kappa shape index (κ3) is 3.69. The maximum absolute atomic E-state index is 5.93. The molecule has 0 unspecified atom stereocenters. The van der Waals surface area contributed by atoms with Crippen molar-refractivity contribution in [2.24, 2.45) is 0 Å². The van der Waals surface area contributed by atoms with Crippen LogP contribution in [0.2, 0.25) is 0 Å². The molecule has 0 radical (unpaired) electrons. The Bertz CT molecular complexity index is 488. The van der Waals surface area contributed by atoms with Crippen LogP contribution in [-0.2, 0) is 6.42 Å². The summed E-state index contributed by atoms with van der Waals surface area (Å²) in [5, 5.41) is 0. The molecule has 1 aromatic rings. The predicted octanol–water partition coefficient (Wildman–Crippen LogP) is 2.67. The van der Waals surface area contributed by atoms with Crippen LogP contribution in [0.25, 0.3) is 0 Å². The van der Waals surface area contributed by atoms with Gasteiger partial charge in [-0.1, -0.05) is 6.92 Å². The van der Waals surface area contributed by atoms with Gasteiger partial charge in [-0.3, -0.25) is 0 Å². The molecule has 5 nitrogen and oxygen atoms in total. The molecule has 0 bridgehead atoms. The molecule has 0 spiro atoms. The molecule has 2 heterocycles. The third-order valence-corrected chi connectivity index (χ3v) is 4.66. The maximum Gasteiger partial charge on any atom is 0.318 e. The van der Waals surface area contributed by atoms with Crippen molar-refractivity contribution < 1.29 is 4.74 Å². The van der Waals surface area contributed by atoms with E-state index in [1.165, 1.54) is 18.4 Å². The van der Waals surface area contributed by atoms with Crippen LogP contribution in [0.15, 0.2) is 0 Å². The first-order valence-corrected chi connectivity index (χ1v) is 8.56. The van der Waals surface area contributed by atoms with Gasteiger partial charge in [0.05, 0.1) is 0 Å². The van der Waals surface area contributed by atoms with E-state index < -0.39 is 0 Å². The Morgan fingerprint density at radius 2 is 1.95 bits per heavy atom. The molecule has 1 saturated heterocycles. The molecule has 1 atom stereocenters. The van der Waals surface area contributed by atoms with Gasteiger partial charge < -0.3 is 14.5 Å². The predicted molar refractivity (Wildman–Crippen MR) is 90.9 cm³/mol. The molecule has 1 aliphatic heterocycles. The third-order valence-electron chi connectivity index (χ3n) is 4.66.